The largest absolute Gasteiger partial charge is 0.357 e. The van der Waals surface area contributed by atoms with E-state index in [-0.39, 0.29) is 18.4 Å². The highest BCUT2D eigenvalue weighted by atomic mass is 16.2. The molecule has 0 radical (unpaired) electrons. The Morgan fingerprint density at radius 3 is 2.13 bits per heavy atom. The quantitative estimate of drug-likeness (QED) is 0.548. The molecule has 6 nitrogen and oxygen atoms in total. The smallest absolute Gasteiger partial charge is 0.244 e. The van der Waals surface area contributed by atoms with Gasteiger partial charge in [0.15, 0.2) is 0 Å². The second-order valence-corrected chi connectivity index (χ2v) is 3.66. The molecule has 0 rings (SSSR count). The van der Waals surface area contributed by atoms with Crippen molar-refractivity contribution in [2.45, 2.75) is 26.3 Å². The van der Waals surface area contributed by atoms with E-state index in [9.17, 15) is 14.4 Å². The Morgan fingerprint density at radius 1 is 1.20 bits per heavy atom. The molecule has 86 valence electrons. The lowest BCUT2D eigenvalue weighted by molar-refractivity contribution is -0.132. The van der Waals surface area contributed by atoms with Crippen molar-refractivity contribution in [3.63, 3.8) is 0 Å². The second kappa shape index (κ2) is 5.33. The van der Waals surface area contributed by atoms with Gasteiger partial charge in [-0.3, -0.25) is 14.4 Å². The third kappa shape index (κ3) is 4.99. The van der Waals surface area contributed by atoms with Gasteiger partial charge >= 0.3 is 0 Å². The minimum atomic E-state index is -0.982. The van der Waals surface area contributed by atoms with Crippen molar-refractivity contribution in [3.05, 3.63) is 0 Å². The first-order valence-electron chi connectivity index (χ1n) is 4.57. The molecule has 0 aliphatic rings. The third-order valence-electron chi connectivity index (χ3n) is 1.74. The summed E-state index contributed by atoms with van der Waals surface area (Å²) >= 11 is 0. The highest BCUT2D eigenvalue weighted by Crippen LogP contribution is 2.00. The zero-order chi connectivity index (χ0) is 12.1. The molecule has 0 aromatic heterocycles. The lowest BCUT2D eigenvalue weighted by atomic mass is 10.0. The average Bonchev–Trinajstić information content (AvgIpc) is 2.12. The Morgan fingerprint density at radius 2 is 1.73 bits per heavy atom. The van der Waals surface area contributed by atoms with Gasteiger partial charge in [-0.2, -0.15) is 0 Å². The lowest BCUT2D eigenvalue weighted by Gasteiger charge is -2.24. The molecule has 3 amide bonds. The first-order chi connectivity index (χ1) is 6.79. The van der Waals surface area contributed by atoms with Crippen LogP contribution in [0.5, 0.6) is 0 Å². The Balaban J connectivity index is 4.16. The van der Waals surface area contributed by atoms with Gasteiger partial charge in [0.25, 0.3) is 0 Å². The maximum atomic E-state index is 11.3. The van der Waals surface area contributed by atoms with Crippen molar-refractivity contribution in [2.24, 2.45) is 0 Å². The number of likely N-dealkylation sites (N-methyl/N-ethyl adjacent to an activating group) is 1. The minimum Gasteiger partial charge on any atom is -0.357 e. The SMILES string of the molecule is CNC(=O)C(C)(C)NC(=O)CNC(C)=O. The number of nitrogens with one attached hydrogen (secondary N) is 3. The molecule has 0 aliphatic carbocycles. The van der Waals surface area contributed by atoms with E-state index < -0.39 is 11.4 Å². The zero-order valence-corrected chi connectivity index (χ0v) is 9.43. The molecule has 0 bridgehead atoms. The van der Waals surface area contributed by atoms with Crippen LogP contribution in [0.2, 0.25) is 0 Å². The van der Waals surface area contributed by atoms with Crippen LogP contribution in [0, 0.1) is 0 Å². The lowest BCUT2D eigenvalue weighted by Crippen LogP contribution is -2.55. The molecule has 0 aliphatic heterocycles. The minimum absolute atomic E-state index is 0.129. The molecule has 0 aromatic rings. The molecule has 0 atom stereocenters. The summed E-state index contributed by atoms with van der Waals surface area (Å²) in [4.78, 5) is 33.1. The van der Waals surface area contributed by atoms with E-state index in [1.165, 1.54) is 14.0 Å². The van der Waals surface area contributed by atoms with E-state index >= 15 is 0 Å². The number of carbonyl (C=O) groups excluding carboxylic acids is 3. The van der Waals surface area contributed by atoms with Crippen molar-refractivity contribution in [1.82, 2.24) is 16.0 Å². The molecule has 0 heterocycles. The molecule has 6 heteroatoms. The van der Waals surface area contributed by atoms with E-state index in [0.29, 0.717) is 0 Å². The van der Waals surface area contributed by atoms with Gasteiger partial charge in [-0.05, 0) is 13.8 Å². The van der Waals surface area contributed by atoms with Crippen molar-refractivity contribution >= 4 is 17.7 Å². The Hall–Kier alpha value is -1.59. The number of amides is 3. The Bertz CT molecular complexity index is 274. The van der Waals surface area contributed by atoms with Gasteiger partial charge in [0.05, 0.1) is 6.54 Å². The molecular weight excluding hydrogens is 198 g/mol. The van der Waals surface area contributed by atoms with Crippen molar-refractivity contribution in [1.29, 1.82) is 0 Å². The summed E-state index contributed by atoms with van der Waals surface area (Å²) in [6, 6.07) is 0. The molecule has 0 saturated heterocycles. The summed E-state index contributed by atoms with van der Waals surface area (Å²) in [6.07, 6.45) is 0. The summed E-state index contributed by atoms with van der Waals surface area (Å²) in [5, 5.41) is 7.27. The van der Waals surface area contributed by atoms with Crippen LogP contribution in [0.25, 0.3) is 0 Å². The fraction of sp³-hybridized carbons (Fsp3) is 0.667. The number of rotatable bonds is 4. The second-order valence-electron chi connectivity index (χ2n) is 3.66. The van der Waals surface area contributed by atoms with E-state index in [1.54, 1.807) is 13.8 Å². The van der Waals surface area contributed by atoms with Crippen LogP contribution in [0.15, 0.2) is 0 Å². The van der Waals surface area contributed by atoms with Gasteiger partial charge < -0.3 is 16.0 Å². The van der Waals surface area contributed by atoms with Crippen molar-refractivity contribution in [2.75, 3.05) is 13.6 Å². The summed E-state index contributed by atoms with van der Waals surface area (Å²) in [5.41, 5.74) is -0.982. The van der Waals surface area contributed by atoms with Gasteiger partial charge in [-0.25, -0.2) is 0 Å². The van der Waals surface area contributed by atoms with Crippen LogP contribution in [0.4, 0.5) is 0 Å². The topological polar surface area (TPSA) is 87.3 Å². The zero-order valence-electron chi connectivity index (χ0n) is 9.43. The first-order valence-corrected chi connectivity index (χ1v) is 4.57. The molecule has 0 saturated carbocycles. The summed E-state index contributed by atoms with van der Waals surface area (Å²) in [5.74, 6) is -0.986. The number of carbonyl (C=O) groups is 3. The fourth-order valence-electron chi connectivity index (χ4n) is 0.967. The van der Waals surface area contributed by atoms with Crippen LogP contribution in [-0.4, -0.2) is 36.9 Å². The molecule has 0 fully saturated rings. The van der Waals surface area contributed by atoms with E-state index in [4.69, 9.17) is 0 Å². The Kier molecular flexibility index (Phi) is 4.77. The number of hydrogen-bond donors (Lipinski definition) is 3. The van der Waals surface area contributed by atoms with Crippen molar-refractivity contribution < 1.29 is 14.4 Å². The third-order valence-corrected chi connectivity index (χ3v) is 1.74. The maximum absolute atomic E-state index is 11.3. The van der Waals surface area contributed by atoms with Crippen LogP contribution in [-0.2, 0) is 14.4 Å². The van der Waals surface area contributed by atoms with Crippen LogP contribution in [0.1, 0.15) is 20.8 Å². The first kappa shape index (κ1) is 13.4. The number of hydrogen-bond acceptors (Lipinski definition) is 3. The standard InChI is InChI=1S/C9H17N3O3/c1-6(13)11-5-7(14)12-9(2,3)8(15)10-4/h5H2,1-4H3,(H,10,15)(H,11,13)(H,12,14). The fourth-order valence-corrected chi connectivity index (χ4v) is 0.967. The molecule has 0 spiro atoms. The highest BCUT2D eigenvalue weighted by molar-refractivity contribution is 5.92. The van der Waals surface area contributed by atoms with E-state index in [2.05, 4.69) is 16.0 Å². The maximum Gasteiger partial charge on any atom is 0.244 e. The normalized spacial score (nSPS) is 10.4. The van der Waals surface area contributed by atoms with Crippen LogP contribution in [0.3, 0.4) is 0 Å². The van der Waals surface area contributed by atoms with E-state index in [0.717, 1.165) is 0 Å². The summed E-state index contributed by atoms with van der Waals surface area (Å²) in [6.45, 7) is 4.35. The van der Waals surface area contributed by atoms with Gasteiger partial charge in [-0.15, -0.1) is 0 Å². The van der Waals surface area contributed by atoms with Gasteiger partial charge in [0.1, 0.15) is 5.54 Å². The van der Waals surface area contributed by atoms with Gasteiger partial charge in [0, 0.05) is 14.0 Å². The van der Waals surface area contributed by atoms with Crippen molar-refractivity contribution in [3.8, 4) is 0 Å². The Labute approximate surface area is 88.8 Å². The van der Waals surface area contributed by atoms with Gasteiger partial charge in [0.2, 0.25) is 17.7 Å². The summed E-state index contributed by atoms with van der Waals surface area (Å²) < 4.78 is 0. The molecule has 0 unspecified atom stereocenters. The molecule has 15 heavy (non-hydrogen) atoms. The molecular formula is C9H17N3O3. The monoisotopic (exact) mass is 215 g/mol. The molecule has 0 aromatic carbocycles. The predicted molar refractivity (Wildman–Crippen MR) is 55.0 cm³/mol. The van der Waals surface area contributed by atoms with Crippen LogP contribution < -0.4 is 16.0 Å². The molecule has 3 N–H and O–H groups in total. The van der Waals surface area contributed by atoms with Gasteiger partial charge in [-0.1, -0.05) is 0 Å². The summed E-state index contributed by atoms with van der Waals surface area (Å²) in [7, 11) is 1.49. The van der Waals surface area contributed by atoms with Crippen LogP contribution >= 0.6 is 0 Å². The average molecular weight is 215 g/mol. The highest BCUT2D eigenvalue weighted by Gasteiger charge is 2.28. The van der Waals surface area contributed by atoms with E-state index in [1.807, 2.05) is 0 Å². The predicted octanol–water partition coefficient (Wildman–Crippen LogP) is -1.24.